The number of nitrogens with zero attached hydrogens (tertiary/aromatic N) is 1. The van der Waals surface area contributed by atoms with Crippen LogP contribution in [-0.4, -0.2) is 20.9 Å². The first-order valence-electron chi connectivity index (χ1n) is 11.1. The van der Waals surface area contributed by atoms with E-state index < -0.39 is 28.3 Å². The zero-order valence-corrected chi connectivity index (χ0v) is 21.0. The topological polar surface area (TPSA) is 66.5 Å². The predicted molar refractivity (Wildman–Crippen MR) is 134 cm³/mol. The third-order valence-corrected chi connectivity index (χ3v) is 7.45. The van der Waals surface area contributed by atoms with Gasteiger partial charge in [-0.05, 0) is 54.7 Å². The van der Waals surface area contributed by atoms with Gasteiger partial charge in [0.2, 0.25) is 5.91 Å². The highest BCUT2D eigenvalue weighted by Gasteiger charge is 2.29. The second-order valence-electron chi connectivity index (χ2n) is 9.44. The standard InChI is InChI=1S/C27H31FN2O3S/c1-19-10-16-23(17-11-19)34(32,33)30(25-9-7-6-8-24(25)28)18-26(31)29-20(2)21-12-14-22(15-13-21)27(3,4)5/h6-17,20H,18H2,1-5H3,(H,29,31). The summed E-state index contributed by atoms with van der Waals surface area (Å²) in [6.45, 7) is 9.48. The molecule has 1 amide bonds. The van der Waals surface area contributed by atoms with Crippen molar-refractivity contribution in [3.63, 3.8) is 0 Å². The smallest absolute Gasteiger partial charge is 0.264 e. The van der Waals surface area contributed by atoms with Crippen molar-refractivity contribution in [1.29, 1.82) is 0 Å². The Morgan fingerprint density at radius 1 is 0.971 bits per heavy atom. The first-order valence-corrected chi connectivity index (χ1v) is 12.6. The van der Waals surface area contributed by atoms with Gasteiger partial charge in [0.15, 0.2) is 0 Å². The fourth-order valence-electron chi connectivity index (χ4n) is 3.56. The number of anilines is 1. The summed E-state index contributed by atoms with van der Waals surface area (Å²) in [5, 5.41) is 2.84. The monoisotopic (exact) mass is 482 g/mol. The number of halogens is 1. The minimum Gasteiger partial charge on any atom is -0.348 e. The molecule has 5 nitrogen and oxygen atoms in total. The van der Waals surface area contributed by atoms with Crippen molar-refractivity contribution in [2.24, 2.45) is 0 Å². The van der Waals surface area contributed by atoms with Crippen LogP contribution in [0.3, 0.4) is 0 Å². The molecule has 34 heavy (non-hydrogen) atoms. The highest BCUT2D eigenvalue weighted by molar-refractivity contribution is 7.92. The zero-order valence-electron chi connectivity index (χ0n) is 20.2. The molecule has 1 unspecified atom stereocenters. The van der Waals surface area contributed by atoms with Crippen molar-refractivity contribution in [1.82, 2.24) is 5.32 Å². The molecule has 1 N–H and O–H groups in total. The van der Waals surface area contributed by atoms with Crippen molar-refractivity contribution in [2.75, 3.05) is 10.8 Å². The maximum atomic E-state index is 14.6. The van der Waals surface area contributed by atoms with E-state index in [1.54, 1.807) is 12.1 Å². The van der Waals surface area contributed by atoms with Gasteiger partial charge in [-0.3, -0.25) is 9.10 Å². The van der Waals surface area contributed by atoms with Crippen LogP contribution in [0.2, 0.25) is 0 Å². The van der Waals surface area contributed by atoms with Crippen LogP contribution in [0, 0.1) is 12.7 Å². The van der Waals surface area contributed by atoms with Gasteiger partial charge in [0.05, 0.1) is 16.6 Å². The lowest BCUT2D eigenvalue weighted by Gasteiger charge is -2.25. The van der Waals surface area contributed by atoms with E-state index in [1.165, 1.54) is 42.0 Å². The Labute approximate surface area is 201 Å². The molecule has 0 saturated heterocycles. The molecule has 0 fully saturated rings. The summed E-state index contributed by atoms with van der Waals surface area (Å²) in [4.78, 5) is 12.9. The lowest BCUT2D eigenvalue weighted by Crippen LogP contribution is -2.42. The van der Waals surface area contributed by atoms with E-state index in [0.717, 1.165) is 15.4 Å². The van der Waals surface area contributed by atoms with Crippen LogP contribution in [0.25, 0.3) is 0 Å². The molecule has 0 saturated carbocycles. The zero-order chi connectivity index (χ0) is 25.1. The second kappa shape index (κ2) is 9.97. The molecular formula is C27H31FN2O3S. The lowest BCUT2D eigenvalue weighted by atomic mass is 9.86. The van der Waals surface area contributed by atoms with E-state index in [0.29, 0.717) is 0 Å². The van der Waals surface area contributed by atoms with Gasteiger partial charge in [0.25, 0.3) is 10.0 Å². The molecule has 0 aromatic heterocycles. The minimum absolute atomic E-state index is 0.00954. The summed E-state index contributed by atoms with van der Waals surface area (Å²) in [7, 11) is -4.18. The number of carbonyl (C=O) groups excluding carboxylic acids is 1. The van der Waals surface area contributed by atoms with Crippen molar-refractivity contribution in [3.8, 4) is 0 Å². The fraction of sp³-hybridized carbons (Fsp3) is 0.296. The number of benzene rings is 3. The predicted octanol–water partition coefficient (Wildman–Crippen LogP) is 5.50. The number of rotatable bonds is 7. The first kappa shape index (κ1) is 25.4. The largest absolute Gasteiger partial charge is 0.348 e. The van der Waals surface area contributed by atoms with Crippen LogP contribution < -0.4 is 9.62 Å². The molecule has 3 aromatic carbocycles. The highest BCUT2D eigenvalue weighted by Crippen LogP contribution is 2.27. The van der Waals surface area contributed by atoms with Gasteiger partial charge in [-0.1, -0.05) is 74.9 Å². The Bertz CT molecular complexity index is 1250. The molecule has 3 aromatic rings. The maximum absolute atomic E-state index is 14.6. The van der Waals surface area contributed by atoms with E-state index in [1.807, 2.05) is 38.1 Å². The molecule has 7 heteroatoms. The van der Waals surface area contributed by atoms with E-state index in [4.69, 9.17) is 0 Å². The van der Waals surface area contributed by atoms with E-state index in [-0.39, 0.29) is 22.0 Å². The molecular weight excluding hydrogens is 451 g/mol. The van der Waals surface area contributed by atoms with Gasteiger partial charge in [-0.2, -0.15) is 0 Å². The van der Waals surface area contributed by atoms with Gasteiger partial charge in [0.1, 0.15) is 12.4 Å². The molecule has 3 rings (SSSR count). The Morgan fingerprint density at radius 2 is 1.56 bits per heavy atom. The molecule has 0 bridgehead atoms. The summed E-state index contributed by atoms with van der Waals surface area (Å²) in [6.07, 6.45) is 0. The Kier molecular flexibility index (Phi) is 7.46. The Morgan fingerprint density at radius 3 is 2.12 bits per heavy atom. The number of amides is 1. The van der Waals surface area contributed by atoms with E-state index in [9.17, 15) is 17.6 Å². The molecule has 0 aliphatic carbocycles. The number of hydrogen-bond acceptors (Lipinski definition) is 3. The normalized spacial score (nSPS) is 12.8. The van der Waals surface area contributed by atoms with Crippen molar-refractivity contribution < 1.29 is 17.6 Å². The van der Waals surface area contributed by atoms with Gasteiger partial charge < -0.3 is 5.32 Å². The number of sulfonamides is 1. The minimum atomic E-state index is -4.18. The van der Waals surface area contributed by atoms with Crippen molar-refractivity contribution >= 4 is 21.6 Å². The average molecular weight is 483 g/mol. The van der Waals surface area contributed by atoms with Crippen molar-refractivity contribution in [3.05, 3.63) is 95.3 Å². The summed E-state index contributed by atoms with van der Waals surface area (Å²) in [5.41, 5.74) is 2.78. The SMILES string of the molecule is Cc1ccc(S(=O)(=O)N(CC(=O)NC(C)c2ccc(C(C)(C)C)cc2)c2ccccc2F)cc1. The van der Waals surface area contributed by atoms with Crippen LogP contribution in [0.4, 0.5) is 10.1 Å². The third-order valence-electron chi connectivity index (χ3n) is 5.67. The number of para-hydroxylation sites is 1. The second-order valence-corrected chi connectivity index (χ2v) is 11.3. The van der Waals surface area contributed by atoms with Gasteiger partial charge in [0, 0.05) is 0 Å². The molecule has 1 atom stereocenters. The lowest BCUT2D eigenvalue weighted by molar-refractivity contribution is -0.120. The third kappa shape index (κ3) is 5.83. The van der Waals surface area contributed by atoms with Crippen LogP contribution in [0.1, 0.15) is 50.4 Å². The fourth-order valence-corrected chi connectivity index (χ4v) is 4.99. The number of nitrogens with one attached hydrogen (secondary N) is 1. The van der Waals surface area contributed by atoms with Crippen LogP contribution in [-0.2, 0) is 20.2 Å². The van der Waals surface area contributed by atoms with Gasteiger partial charge in [-0.15, -0.1) is 0 Å². The highest BCUT2D eigenvalue weighted by atomic mass is 32.2. The quantitative estimate of drug-likeness (QED) is 0.483. The number of hydrogen-bond donors (Lipinski definition) is 1. The van der Waals surface area contributed by atoms with E-state index >= 15 is 0 Å². The van der Waals surface area contributed by atoms with Gasteiger partial charge in [-0.25, -0.2) is 12.8 Å². The Balaban J connectivity index is 1.86. The number of carbonyl (C=O) groups is 1. The summed E-state index contributed by atoms with van der Waals surface area (Å²) in [5.74, 6) is -1.26. The van der Waals surface area contributed by atoms with Crippen LogP contribution >= 0.6 is 0 Å². The molecule has 0 aliphatic rings. The molecule has 0 aliphatic heterocycles. The maximum Gasteiger partial charge on any atom is 0.264 e. The van der Waals surface area contributed by atoms with Crippen LogP contribution in [0.5, 0.6) is 0 Å². The summed E-state index contributed by atoms with van der Waals surface area (Å²) in [6, 6.07) is 19.3. The van der Waals surface area contributed by atoms with Crippen LogP contribution in [0.15, 0.2) is 77.7 Å². The summed E-state index contributed by atoms with van der Waals surface area (Å²) >= 11 is 0. The van der Waals surface area contributed by atoms with E-state index in [2.05, 4.69) is 26.1 Å². The number of aryl methyl sites for hydroxylation is 1. The molecule has 0 radical (unpaired) electrons. The molecule has 180 valence electrons. The van der Waals surface area contributed by atoms with Gasteiger partial charge >= 0.3 is 0 Å². The van der Waals surface area contributed by atoms with Crippen molar-refractivity contribution in [2.45, 2.75) is 51.0 Å². The first-order chi connectivity index (χ1) is 15.9. The summed E-state index contributed by atoms with van der Waals surface area (Å²) < 4.78 is 42.2. The molecule has 0 spiro atoms. The molecule has 0 heterocycles. The Hall–Kier alpha value is -3.19. The average Bonchev–Trinajstić information content (AvgIpc) is 2.78.